The lowest BCUT2D eigenvalue weighted by Gasteiger charge is -2.39. The minimum atomic E-state index is -1.32. The Kier molecular flexibility index (Phi) is 12.9. The number of amides is 3. The van der Waals surface area contributed by atoms with Gasteiger partial charge in [0.15, 0.2) is 0 Å². The molecular weight excluding hydrogens is 708 g/mol. The molecule has 13 heteroatoms. The maximum absolute atomic E-state index is 14.7. The van der Waals surface area contributed by atoms with Crippen molar-refractivity contribution in [2.45, 2.75) is 80.3 Å². The molecule has 4 aliphatic rings. The molecule has 4 heterocycles. The van der Waals surface area contributed by atoms with Crippen LogP contribution in [0.2, 0.25) is 0 Å². The number of morpholine rings is 1. The molecule has 1 aromatic rings. The Balaban J connectivity index is 1.46. The molecule has 12 nitrogen and oxygen atoms in total. The van der Waals surface area contributed by atoms with Gasteiger partial charge in [0.1, 0.15) is 17.7 Å². The minimum Gasteiger partial charge on any atom is -0.455 e. The molecule has 0 aliphatic carbocycles. The van der Waals surface area contributed by atoms with Gasteiger partial charge in [-0.3, -0.25) is 24.1 Å². The summed E-state index contributed by atoms with van der Waals surface area (Å²) in [6.07, 6.45) is 3.24. The van der Waals surface area contributed by atoms with E-state index in [1.807, 2.05) is 37.3 Å². The average molecular weight is 760 g/mol. The SMILES string of the molecule is C=CCCC(=O)N[C@H](C)[C@@H](OC(=O)[C@H]1[C@@H]2O[C@@]3(CC2Br)[C@@H]1C(=O)N([C@@H](CC)CO)[C@@H]3C(=O)N(CC=C)CCN1CCOCC1)c1ccccc1. The second-order valence-electron chi connectivity index (χ2n) is 13.6. The summed E-state index contributed by atoms with van der Waals surface area (Å²) in [4.78, 5) is 61.5. The highest BCUT2D eigenvalue weighted by Crippen LogP contribution is 2.61. The van der Waals surface area contributed by atoms with E-state index in [0.717, 1.165) is 13.1 Å². The summed E-state index contributed by atoms with van der Waals surface area (Å²) < 4.78 is 18.5. The Labute approximate surface area is 303 Å². The van der Waals surface area contributed by atoms with Gasteiger partial charge in [0.05, 0.1) is 49.8 Å². The van der Waals surface area contributed by atoms with E-state index in [-0.39, 0.29) is 36.2 Å². The predicted octanol–water partition coefficient (Wildman–Crippen LogP) is 2.61. The number of aliphatic hydroxyl groups is 1. The summed E-state index contributed by atoms with van der Waals surface area (Å²) in [6, 6.07) is 6.86. The molecule has 50 heavy (non-hydrogen) atoms. The number of nitrogens with zero attached hydrogens (tertiary/aromatic N) is 3. The maximum atomic E-state index is 14.7. The summed E-state index contributed by atoms with van der Waals surface area (Å²) in [6.45, 7) is 14.9. The molecule has 1 aromatic carbocycles. The number of aliphatic hydroxyl groups excluding tert-OH is 1. The number of fused-ring (bicyclic) bond motifs is 1. The smallest absolute Gasteiger partial charge is 0.313 e. The van der Waals surface area contributed by atoms with Crippen molar-refractivity contribution in [3.05, 3.63) is 61.2 Å². The van der Waals surface area contributed by atoms with Crippen LogP contribution in [0.4, 0.5) is 0 Å². The van der Waals surface area contributed by atoms with E-state index in [0.29, 0.717) is 51.1 Å². The van der Waals surface area contributed by atoms with E-state index in [1.54, 1.807) is 24.0 Å². The Morgan fingerprint density at radius 2 is 1.92 bits per heavy atom. The first-order valence-electron chi connectivity index (χ1n) is 17.7. The summed E-state index contributed by atoms with van der Waals surface area (Å²) >= 11 is 3.73. The summed E-state index contributed by atoms with van der Waals surface area (Å²) in [5.41, 5.74) is -0.629. The Bertz CT molecular complexity index is 1390. The number of carbonyl (C=O) groups is 4. The largest absolute Gasteiger partial charge is 0.455 e. The highest BCUT2D eigenvalue weighted by molar-refractivity contribution is 9.09. The molecule has 274 valence electrons. The predicted molar refractivity (Wildman–Crippen MR) is 190 cm³/mol. The number of ether oxygens (including phenoxy) is 3. The number of hydrogen-bond donors (Lipinski definition) is 2. The zero-order valence-corrected chi connectivity index (χ0v) is 30.7. The molecule has 0 radical (unpaired) electrons. The van der Waals surface area contributed by atoms with E-state index in [1.165, 1.54) is 4.90 Å². The number of hydrogen-bond acceptors (Lipinski definition) is 9. The number of rotatable bonds is 17. The fourth-order valence-corrected chi connectivity index (χ4v) is 9.01. The number of likely N-dealkylation sites (tertiary alicyclic amines) is 1. The van der Waals surface area contributed by atoms with Gasteiger partial charge in [-0.25, -0.2) is 0 Å². The topological polar surface area (TPSA) is 138 Å². The van der Waals surface area contributed by atoms with Crippen LogP contribution in [0.3, 0.4) is 0 Å². The second kappa shape index (κ2) is 16.9. The van der Waals surface area contributed by atoms with E-state index < -0.39 is 59.6 Å². The van der Waals surface area contributed by atoms with Gasteiger partial charge in [-0.2, -0.15) is 0 Å². The summed E-state index contributed by atoms with van der Waals surface area (Å²) in [5, 5.41) is 13.4. The van der Waals surface area contributed by atoms with Gasteiger partial charge in [-0.1, -0.05) is 65.3 Å². The molecule has 2 N–H and O–H groups in total. The molecule has 4 aliphatic heterocycles. The van der Waals surface area contributed by atoms with E-state index in [9.17, 15) is 24.3 Å². The Morgan fingerprint density at radius 3 is 2.56 bits per heavy atom. The fourth-order valence-electron chi connectivity index (χ4n) is 8.07. The van der Waals surface area contributed by atoms with Crippen LogP contribution in [0.1, 0.15) is 51.2 Å². The number of benzene rings is 1. The first kappa shape index (κ1) is 38.1. The lowest BCUT2D eigenvalue weighted by atomic mass is 9.70. The van der Waals surface area contributed by atoms with E-state index in [4.69, 9.17) is 14.2 Å². The number of allylic oxidation sites excluding steroid dienone is 1. The number of alkyl halides is 1. The lowest BCUT2D eigenvalue weighted by Crippen LogP contribution is -2.59. The third kappa shape index (κ3) is 7.57. The van der Waals surface area contributed by atoms with Crippen LogP contribution in [0.5, 0.6) is 0 Å². The van der Waals surface area contributed by atoms with Crippen molar-refractivity contribution in [3.63, 3.8) is 0 Å². The van der Waals surface area contributed by atoms with Crippen molar-refractivity contribution < 1.29 is 38.5 Å². The van der Waals surface area contributed by atoms with E-state index >= 15 is 0 Å². The lowest BCUT2D eigenvalue weighted by molar-refractivity contribution is -0.162. The Morgan fingerprint density at radius 1 is 1.20 bits per heavy atom. The number of nitrogens with one attached hydrogen (secondary N) is 1. The molecule has 9 atom stereocenters. The highest BCUT2D eigenvalue weighted by atomic mass is 79.9. The van der Waals surface area contributed by atoms with Crippen LogP contribution in [0.15, 0.2) is 55.6 Å². The van der Waals surface area contributed by atoms with Crippen molar-refractivity contribution >= 4 is 39.6 Å². The quantitative estimate of drug-likeness (QED) is 0.140. The normalized spacial score (nSPS) is 29.2. The molecule has 5 rings (SSSR count). The zero-order chi connectivity index (χ0) is 36.0. The van der Waals surface area contributed by atoms with Gasteiger partial charge in [-0.15, -0.1) is 13.2 Å². The number of carbonyl (C=O) groups excluding carboxylic acids is 4. The minimum absolute atomic E-state index is 0.201. The number of esters is 1. The van der Waals surface area contributed by atoms with Gasteiger partial charge >= 0.3 is 5.97 Å². The van der Waals surface area contributed by atoms with Gasteiger partial charge in [0.2, 0.25) is 17.7 Å². The molecule has 0 saturated carbocycles. The molecule has 3 amide bonds. The van der Waals surface area contributed by atoms with Gasteiger partial charge < -0.3 is 34.4 Å². The molecule has 1 unspecified atom stereocenters. The maximum Gasteiger partial charge on any atom is 0.313 e. The van der Waals surface area contributed by atoms with Crippen LogP contribution in [-0.4, -0.2) is 131 Å². The first-order valence-corrected chi connectivity index (χ1v) is 18.6. The van der Waals surface area contributed by atoms with Crippen molar-refractivity contribution in [2.75, 3.05) is 52.5 Å². The summed E-state index contributed by atoms with van der Waals surface area (Å²) in [7, 11) is 0. The summed E-state index contributed by atoms with van der Waals surface area (Å²) in [5.74, 6) is -3.56. The van der Waals surface area contributed by atoms with Gasteiger partial charge in [0, 0.05) is 44.0 Å². The zero-order valence-electron chi connectivity index (χ0n) is 29.1. The van der Waals surface area contributed by atoms with Crippen LogP contribution >= 0.6 is 15.9 Å². The first-order chi connectivity index (χ1) is 24.1. The second-order valence-corrected chi connectivity index (χ2v) is 14.8. The van der Waals surface area contributed by atoms with Crippen molar-refractivity contribution in [1.82, 2.24) is 20.0 Å². The molecule has 0 aromatic heterocycles. The Hall–Kier alpha value is -3.10. The van der Waals surface area contributed by atoms with E-state index in [2.05, 4.69) is 39.3 Å². The standard InChI is InChI=1S/C37H51BrN4O8/c1-5-8-14-28(44)39-24(4)31(25-12-10-9-11-13-25)49-36(47)29-30-34(45)42(26(7-3)23-43)33(37(30)22-27(38)32(29)50-37)35(46)41(15-6-2)17-16-40-18-20-48-21-19-40/h5-6,9-13,24,26-27,29-33,43H,1-2,7-8,14-23H2,3-4H3,(H,39,44)/t24-,26+,27?,29-,30+,31-,32-,33-,37+/m1/s1. The van der Waals surface area contributed by atoms with Crippen molar-refractivity contribution in [1.29, 1.82) is 0 Å². The third-order valence-electron chi connectivity index (χ3n) is 10.5. The third-order valence-corrected chi connectivity index (χ3v) is 11.4. The molecule has 4 fully saturated rings. The molecule has 2 bridgehead atoms. The van der Waals surface area contributed by atoms with Crippen LogP contribution in [0.25, 0.3) is 0 Å². The fraction of sp³-hybridized carbons (Fsp3) is 0.622. The average Bonchev–Trinajstić information content (AvgIpc) is 3.72. The van der Waals surface area contributed by atoms with Crippen LogP contribution in [-0.2, 0) is 33.4 Å². The molecule has 4 saturated heterocycles. The highest BCUT2D eigenvalue weighted by Gasteiger charge is 2.77. The van der Waals surface area contributed by atoms with Gasteiger partial charge in [-0.05, 0) is 31.7 Å². The molecule has 1 spiro atoms. The van der Waals surface area contributed by atoms with Crippen molar-refractivity contribution in [3.8, 4) is 0 Å². The molecular formula is C37H51BrN4O8. The van der Waals surface area contributed by atoms with Crippen LogP contribution < -0.4 is 5.32 Å². The van der Waals surface area contributed by atoms with Gasteiger partial charge in [0.25, 0.3) is 0 Å². The monoisotopic (exact) mass is 758 g/mol. The van der Waals surface area contributed by atoms with Crippen molar-refractivity contribution in [2.24, 2.45) is 11.8 Å². The number of halogens is 1. The van der Waals surface area contributed by atoms with Crippen LogP contribution in [0, 0.1) is 11.8 Å².